The summed E-state index contributed by atoms with van der Waals surface area (Å²) in [7, 11) is 1.56. The van der Waals surface area contributed by atoms with Gasteiger partial charge in [0.25, 0.3) is 11.8 Å². The van der Waals surface area contributed by atoms with E-state index >= 15 is 0 Å². The first-order chi connectivity index (χ1) is 16.0. The number of rotatable bonds is 6. The number of nitrogens with one attached hydrogen (secondary N) is 2. The number of amides is 3. The van der Waals surface area contributed by atoms with Crippen molar-refractivity contribution in [1.29, 1.82) is 0 Å². The number of nitrogens with zero attached hydrogens (tertiary/aromatic N) is 1. The van der Waals surface area contributed by atoms with Crippen LogP contribution >= 0.6 is 0 Å². The number of carbonyl (C=O) groups excluding carboxylic acids is 3. The monoisotopic (exact) mass is 443 g/mol. The van der Waals surface area contributed by atoms with E-state index in [-0.39, 0.29) is 17.7 Å². The lowest BCUT2D eigenvalue weighted by molar-refractivity contribution is -0.119. The number of carbonyl (C=O) groups is 3. The Morgan fingerprint density at radius 1 is 0.818 bits per heavy atom. The molecule has 3 aromatic carbocycles. The minimum atomic E-state index is -0.294. The highest BCUT2D eigenvalue weighted by atomic mass is 16.5. The standard InChI is InChI=1S/C26H25N3O4/c1-33-23-15-14-21(17-22(23)29-16-6-5-9-24(29)30)28-26(32)19-10-12-20(13-11-19)27-25(31)18-7-3-2-4-8-18/h2-4,7-8,10-15,17H,5-6,9,16H2,1H3,(H,27,31)(H,28,32). The second-order valence-electron chi connectivity index (χ2n) is 7.74. The molecule has 0 radical (unpaired) electrons. The summed E-state index contributed by atoms with van der Waals surface area (Å²) in [6.07, 6.45) is 2.32. The van der Waals surface area contributed by atoms with E-state index in [4.69, 9.17) is 4.74 Å². The van der Waals surface area contributed by atoms with Gasteiger partial charge >= 0.3 is 0 Å². The Labute approximate surface area is 192 Å². The fourth-order valence-corrected chi connectivity index (χ4v) is 3.74. The summed E-state index contributed by atoms with van der Waals surface area (Å²) in [5, 5.41) is 5.68. The molecule has 1 saturated heterocycles. The molecule has 0 saturated carbocycles. The molecule has 0 spiro atoms. The number of benzene rings is 3. The number of hydrogen-bond acceptors (Lipinski definition) is 4. The van der Waals surface area contributed by atoms with Gasteiger partial charge in [-0.1, -0.05) is 18.2 Å². The van der Waals surface area contributed by atoms with Crippen molar-refractivity contribution in [2.45, 2.75) is 19.3 Å². The Kier molecular flexibility index (Phi) is 6.69. The molecule has 168 valence electrons. The zero-order chi connectivity index (χ0) is 23.2. The van der Waals surface area contributed by atoms with E-state index in [1.165, 1.54) is 0 Å². The molecule has 33 heavy (non-hydrogen) atoms. The molecule has 0 aromatic heterocycles. The molecule has 7 nitrogen and oxygen atoms in total. The van der Waals surface area contributed by atoms with Crippen LogP contribution in [-0.2, 0) is 4.79 Å². The second-order valence-corrected chi connectivity index (χ2v) is 7.74. The molecule has 0 bridgehead atoms. The van der Waals surface area contributed by atoms with E-state index in [1.807, 2.05) is 6.07 Å². The highest BCUT2D eigenvalue weighted by Crippen LogP contribution is 2.33. The Morgan fingerprint density at radius 2 is 1.45 bits per heavy atom. The Morgan fingerprint density at radius 3 is 2.12 bits per heavy atom. The number of anilines is 3. The summed E-state index contributed by atoms with van der Waals surface area (Å²) in [6, 6.07) is 20.8. The van der Waals surface area contributed by atoms with Crippen LogP contribution in [-0.4, -0.2) is 31.4 Å². The smallest absolute Gasteiger partial charge is 0.255 e. The molecule has 0 aliphatic carbocycles. The fraction of sp³-hybridized carbons (Fsp3) is 0.192. The van der Waals surface area contributed by atoms with Crippen molar-refractivity contribution in [1.82, 2.24) is 0 Å². The Bertz CT molecular complexity index is 1160. The van der Waals surface area contributed by atoms with Gasteiger partial charge in [-0.05, 0) is 67.4 Å². The third-order valence-corrected chi connectivity index (χ3v) is 5.49. The molecule has 7 heteroatoms. The van der Waals surface area contributed by atoms with E-state index in [1.54, 1.807) is 78.7 Å². The van der Waals surface area contributed by atoms with E-state index in [2.05, 4.69) is 10.6 Å². The summed E-state index contributed by atoms with van der Waals surface area (Å²) < 4.78 is 5.43. The van der Waals surface area contributed by atoms with Crippen LogP contribution in [0.25, 0.3) is 0 Å². The summed E-state index contributed by atoms with van der Waals surface area (Å²) in [4.78, 5) is 39.1. The summed E-state index contributed by atoms with van der Waals surface area (Å²) in [5.41, 5.74) is 2.81. The SMILES string of the molecule is COc1ccc(NC(=O)c2ccc(NC(=O)c3ccccc3)cc2)cc1N1CCCCC1=O. The Hall–Kier alpha value is -4.13. The van der Waals surface area contributed by atoms with Crippen molar-refractivity contribution in [3.63, 3.8) is 0 Å². The zero-order valence-electron chi connectivity index (χ0n) is 18.3. The fourth-order valence-electron chi connectivity index (χ4n) is 3.74. The van der Waals surface area contributed by atoms with Gasteiger partial charge in [-0.15, -0.1) is 0 Å². The van der Waals surface area contributed by atoms with Gasteiger partial charge in [0.2, 0.25) is 5.91 Å². The maximum Gasteiger partial charge on any atom is 0.255 e. The van der Waals surface area contributed by atoms with Gasteiger partial charge in [-0.25, -0.2) is 0 Å². The van der Waals surface area contributed by atoms with Crippen LogP contribution in [0, 0.1) is 0 Å². The van der Waals surface area contributed by atoms with Crippen LogP contribution in [0.4, 0.5) is 17.1 Å². The average molecular weight is 444 g/mol. The maximum absolute atomic E-state index is 12.8. The molecule has 1 aliphatic heterocycles. The Balaban J connectivity index is 1.45. The molecule has 1 fully saturated rings. The normalized spacial score (nSPS) is 13.4. The molecule has 0 atom stereocenters. The molecule has 3 amide bonds. The molecule has 1 heterocycles. The van der Waals surface area contributed by atoms with Crippen molar-refractivity contribution >= 4 is 34.8 Å². The summed E-state index contributed by atoms with van der Waals surface area (Å²) in [6.45, 7) is 0.628. The van der Waals surface area contributed by atoms with Crippen molar-refractivity contribution < 1.29 is 19.1 Å². The van der Waals surface area contributed by atoms with Crippen LogP contribution in [0.15, 0.2) is 72.8 Å². The molecular weight excluding hydrogens is 418 g/mol. The van der Waals surface area contributed by atoms with Crippen molar-refractivity contribution in [3.05, 3.63) is 83.9 Å². The molecule has 3 aromatic rings. The average Bonchev–Trinajstić information content (AvgIpc) is 2.85. The third-order valence-electron chi connectivity index (χ3n) is 5.49. The number of hydrogen-bond donors (Lipinski definition) is 2. The molecule has 4 rings (SSSR count). The van der Waals surface area contributed by atoms with Gasteiger partial charge in [0.05, 0.1) is 12.8 Å². The van der Waals surface area contributed by atoms with E-state index in [9.17, 15) is 14.4 Å². The van der Waals surface area contributed by atoms with Gasteiger partial charge < -0.3 is 20.3 Å². The van der Waals surface area contributed by atoms with Gasteiger partial charge in [-0.3, -0.25) is 14.4 Å². The molecule has 2 N–H and O–H groups in total. The quantitative estimate of drug-likeness (QED) is 0.577. The van der Waals surface area contributed by atoms with E-state index in [0.717, 1.165) is 12.8 Å². The molecule has 0 unspecified atom stereocenters. The number of ether oxygens (including phenoxy) is 1. The molecular formula is C26H25N3O4. The van der Waals surface area contributed by atoms with Crippen LogP contribution in [0.3, 0.4) is 0 Å². The first-order valence-electron chi connectivity index (χ1n) is 10.8. The minimum Gasteiger partial charge on any atom is -0.495 e. The lowest BCUT2D eigenvalue weighted by Crippen LogP contribution is -2.35. The lowest BCUT2D eigenvalue weighted by Gasteiger charge is -2.28. The van der Waals surface area contributed by atoms with Crippen LogP contribution in [0.2, 0.25) is 0 Å². The van der Waals surface area contributed by atoms with Crippen molar-refractivity contribution in [3.8, 4) is 5.75 Å². The highest BCUT2D eigenvalue weighted by Gasteiger charge is 2.23. The van der Waals surface area contributed by atoms with Crippen LogP contribution in [0.1, 0.15) is 40.0 Å². The van der Waals surface area contributed by atoms with Gasteiger partial charge in [0, 0.05) is 35.5 Å². The number of methoxy groups -OCH3 is 1. The van der Waals surface area contributed by atoms with Crippen LogP contribution in [0.5, 0.6) is 5.75 Å². The highest BCUT2D eigenvalue weighted by molar-refractivity contribution is 6.06. The van der Waals surface area contributed by atoms with Crippen molar-refractivity contribution in [2.75, 3.05) is 29.2 Å². The molecule has 1 aliphatic rings. The second kappa shape index (κ2) is 9.99. The van der Waals surface area contributed by atoms with Gasteiger partial charge in [-0.2, -0.15) is 0 Å². The largest absolute Gasteiger partial charge is 0.495 e. The number of piperidine rings is 1. The predicted octanol–water partition coefficient (Wildman–Crippen LogP) is 4.72. The third kappa shape index (κ3) is 5.20. The maximum atomic E-state index is 12.8. The van der Waals surface area contributed by atoms with Crippen molar-refractivity contribution in [2.24, 2.45) is 0 Å². The first-order valence-corrected chi connectivity index (χ1v) is 10.8. The van der Waals surface area contributed by atoms with E-state index in [0.29, 0.717) is 46.9 Å². The minimum absolute atomic E-state index is 0.0520. The lowest BCUT2D eigenvalue weighted by atomic mass is 10.1. The first kappa shape index (κ1) is 22.1. The summed E-state index contributed by atoms with van der Waals surface area (Å²) in [5.74, 6) is 0.126. The van der Waals surface area contributed by atoms with Gasteiger partial charge in [0.1, 0.15) is 5.75 Å². The summed E-state index contributed by atoms with van der Waals surface area (Å²) >= 11 is 0. The van der Waals surface area contributed by atoms with Crippen LogP contribution < -0.4 is 20.3 Å². The predicted molar refractivity (Wildman–Crippen MR) is 128 cm³/mol. The van der Waals surface area contributed by atoms with Gasteiger partial charge in [0.15, 0.2) is 0 Å². The van der Waals surface area contributed by atoms with E-state index < -0.39 is 0 Å². The zero-order valence-corrected chi connectivity index (χ0v) is 18.3. The topological polar surface area (TPSA) is 87.7 Å².